The minimum atomic E-state index is 0.312. The van der Waals surface area contributed by atoms with E-state index in [2.05, 4.69) is 175 Å². The van der Waals surface area contributed by atoms with Crippen LogP contribution in [0.1, 0.15) is 47.3 Å². The number of hydrogen-bond acceptors (Lipinski definition) is 3. The van der Waals surface area contributed by atoms with Crippen molar-refractivity contribution in [1.82, 2.24) is 0 Å². The molecule has 0 spiro atoms. The highest BCUT2D eigenvalue weighted by molar-refractivity contribution is 7.20. The van der Waals surface area contributed by atoms with Gasteiger partial charge in [0, 0.05) is 38.3 Å². The van der Waals surface area contributed by atoms with Crippen molar-refractivity contribution in [3.05, 3.63) is 203 Å². The number of hydrogen-bond donors (Lipinski definition) is 2. The van der Waals surface area contributed by atoms with Crippen molar-refractivity contribution in [1.29, 1.82) is 0 Å². The highest BCUT2D eigenvalue weighted by atomic mass is 32.1. The summed E-state index contributed by atoms with van der Waals surface area (Å²) in [6.45, 7) is 5.81. The first-order chi connectivity index (χ1) is 24.7. The third kappa shape index (κ3) is 7.49. The van der Waals surface area contributed by atoms with Gasteiger partial charge in [-0.25, -0.2) is 0 Å². The summed E-state index contributed by atoms with van der Waals surface area (Å²) >= 11 is 1.89. The van der Waals surface area contributed by atoms with Crippen molar-refractivity contribution < 1.29 is 0 Å². The molecule has 0 bridgehead atoms. The summed E-state index contributed by atoms with van der Waals surface area (Å²) in [7, 11) is 0. The van der Waals surface area contributed by atoms with E-state index >= 15 is 0 Å². The molecule has 0 fully saturated rings. The minimum Gasteiger partial charge on any atom is -0.358 e. The molecule has 0 aliphatic heterocycles. The summed E-state index contributed by atoms with van der Waals surface area (Å²) in [6.07, 6.45) is 20.3. The monoisotopic (exact) mass is 666 g/mol. The Labute approximate surface area is 300 Å². The van der Waals surface area contributed by atoms with Crippen LogP contribution in [-0.4, -0.2) is 0 Å². The Balaban J connectivity index is 0.000000195. The van der Waals surface area contributed by atoms with Crippen molar-refractivity contribution in [2.45, 2.75) is 32.1 Å². The van der Waals surface area contributed by atoms with Crippen molar-refractivity contribution in [2.24, 2.45) is 0 Å². The van der Waals surface area contributed by atoms with Crippen LogP contribution in [0.25, 0.3) is 32.5 Å². The maximum Gasteiger partial charge on any atom is 0.0385 e. The highest BCUT2D eigenvalue weighted by Gasteiger charge is 2.26. The zero-order valence-electron chi connectivity index (χ0n) is 28.5. The number of thiophene rings is 1. The zero-order valence-corrected chi connectivity index (χ0v) is 29.3. The number of rotatable bonds is 8. The smallest absolute Gasteiger partial charge is 0.0385 e. The maximum atomic E-state index is 3.78. The molecule has 8 rings (SSSR count). The fourth-order valence-corrected chi connectivity index (χ4v) is 7.99. The van der Waals surface area contributed by atoms with E-state index in [9.17, 15) is 0 Å². The molecule has 2 aliphatic rings. The first-order valence-electron chi connectivity index (χ1n) is 17.4. The van der Waals surface area contributed by atoms with Gasteiger partial charge in [-0.15, -0.1) is 11.3 Å². The molecule has 2 nitrogen and oxygen atoms in total. The molecule has 5 aromatic carbocycles. The largest absolute Gasteiger partial charge is 0.358 e. The van der Waals surface area contributed by atoms with E-state index in [1.807, 2.05) is 30.4 Å². The Morgan fingerprint density at radius 1 is 0.760 bits per heavy atom. The van der Waals surface area contributed by atoms with Gasteiger partial charge in [-0.3, -0.25) is 0 Å². The van der Waals surface area contributed by atoms with Crippen molar-refractivity contribution in [3.63, 3.8) is 0 Å². The van der Waals surface area contributed by atoms with Gasteiger partial charge < -0.3 is 10.6 Å². The average Bonchev–Trinajstić information content (AvgIpc) is 3.53. The minimum absolute atomic E-state index is 0.312. The third-order valence-electron chi connectivity index (χ3n) is 9.20. The highest BCUT2D eigenvalue weighted by Crippen LogP contribution is 2.43. The molecule has 0 saturated carbocycles. The lowest BCUT2D eigenvalue weighted by Gasteiger charge is -2.26. The average molecular weight is 667 g/mol. The number of anilines is 2. The van der Waals surface area contributed by atoms with E-state index in [0.717, 1.165) is 30.6 Å². The van der Waals surface area contributed by atoms with Crippen LogP contribution in [0.3, 0.4) is 0 Å². The summed E-state index contributed by atoms with van der Waals surface area (Å²) in [5.74, 6) is 0.312. The van der Waals surface area contributed by atoms with Crippen LogP contribution < -0.4 is 10.6 Å². The van der Waals surface area contributed by atoms with Crippen LogP contribution in [0.4, 0.5) is 11.4 Å². The summed E-state index contributed by atoms with van der Waals surface area (Å²) in [5.41, 5.74) is 9.94. The fraction of sp³-hybridized carbons (Fsp3) is 0.106. The van der Waals surface area contributed by atoms with Crippen LogP contribution in [0.2, 0.25) is 0 Å². The summed E-state index contributed by atoms with van der Waals surface area (Å²) < 4.78 is 1.37. The van der Waals surface area contributed by atoms with Gasteiger partial charge in [0.2, 0.25) is 0 Å². The summed E-state index contributed by atoms with van der Waals surface area (Å²) in [5, 5.41) is 11.2. The van der Waals surface area contributed by atoms with E-state index in [1.165, 1.54) is 59.4 Å². The number of fused-ring (bicyclic) bond motifs is 4. The molecule has 0 radical (unpaired) electrons. The number of benzene rings is 5. The molecule has 1 unspecified atom stereocenters. The van der Waals surface area contributed by atoms with Gasteiger partial charge in [-0.2, -0.15) is 0 Å². The van der Waals surface area contributed by atoms with Gasteiger partial charge in [-0.05, 0) is 107 Å². The normalized spacial score (nSPS) is 15.5. The van der Waals surface area contributed by atoms with E-state index in [-0.39, 0.29) is 0 Å². The first-order valence-corrected chi connectivity index (χ1v) is 18.2. The lowest BCUT2D eigenvalue weighted by atomic mass is 9.84. The Morgan fingerprint density at radius 3 is 2.24 bits per heavy atom. The van der Waals surface area contributed by atoms with Gasteiger partial charge in [0.1, 0.15) is 0 Å². The quantitative estimate of drug-likeness (QED) is 0.158. The molecule has 6 aromatic rings. The molecular formula is C47H42N2S. The molecule has 2 N–H and O–H groups in total. The van der Waals surface area contributed by atoms with Crippen LogP contribution in [0.15, 0.2) is 182 Å². The molecule has 1 heterocycles. The second-order valence-corrected chi connectivity index (χ2v) is 13.6. The molecule has 2 aliphatic carbocycles. The lowest BCUT2D eigenvalue weighted by Crippen LogP contribution is -2.16. The SMILES string of the molecule is C1=CC(Nc2ccc(NC3=Cc4sc5ccccc5c4CC3c3ccccc3)cc2)=CCC1.C=C/C=C(\C=C/C)c1cccc2ccccc12. The van der Waals surface area contributed by atoms with Crippen LogP contribution in [0, 0.1) is 0 Å². The Bertz CT molecular complexity index is 2260. The van der Waals surface area contributed by atoms with Gasteiger partial charge in [0.15, 0.2) is 0 Å². The predicted molar refractivity (Wildman–Crippen MR) is 220 cm³/mol. The third-order valence-corrected chi connectivity index (χ3v) is 10.4. The number of nitrogens with one attached hydrogen (secondary N) is 2. The molecule has 1 aromatic heterocycles. The second kappa shape index (κ2) is 15.7. The molecule has 246 valence electrons. The molecule has 0 amide bonds. The maximum absolute atomic E-state index is 3.78. The molecule has 0 saturated heterocycles. The molecular weight excluding hydrogens is 625 g/mol. The van der Waals surface area contributed by atoms with Gasteiger partial charge in [0.05, 0.1) is 0 Å². The van der Waals surface area contributed by atoms with Crippen LogP contribution in [-0.2, 0) is 6.42 Å². The van der Waals surface area contributed by atoms with E-state index in [1.54, 1.807) is 0 Å². The summed E-state index contributed by atoms with van der Waals surface area (Å²) in [6, 6.07) is 43.1. The van der Waals surface area contributed by atoms with Gasteiger partial charge >= 0.3 is 0 Å². The second-order valence-electron chi connectivity index (χ2n) is 12.6. The van der Waals surface area contributed by atoms with Crippen LogP contribution in [0.5, 0.6) is 0 Å². The van der Waals surface area contributed by atoms with Gasteiger partial charge in [0.25, 0.3) is 0 Å². The summed E-state index contributed by atoms with van der Waals surface area (Å²) in [4.78, 5) is 1.38. The topological polar surface area (TPSA) is 24.1 Å². The molecule has 1 atom stereocenters. The van der Waals surface area contributed by atoms with Crippen molar-refractivity contribution >= 4 is 55.2 Å². The zero-order chi connectivity index (χ0) is 34.1. The predicted octanol–water partition coefficient (Wildman–Crippen LogP) is 13.3. The Hall–Kier alpha value is -5.64. The fourth-order valence-electron chi connectivity index (χ4n) is 6.80. The van der Waals surface area contributed by atoms with Crippen LogP contribution >= 0.6 is 11.3 Å². The molecule has 50 heavy (non-hydrogen) atoms. The standard InChI is InChI=1S/C30H26N2S.C17H16/c1-3-9-21(10-4-1)26-19-27-25-13-7-8-14-29(25)33-30(27)20-28(26)32-24-17-15-23(16-18-24)31-22-11-5-2-6-12-22;1-3-8-14(9-4-2)17-13-7-11-15-10-5-6-12-16(15)17/h1,3-5,7-18,20,26,31-32H,2,6,19H2;3-13H,1H2,2H3/b;9-4-,14-8+. The van der Waals surface area contributed by atoms with Crippen molar-refractivity contribution in [3.8, 4) is 0 Å². The van der Waals surface area contributed by atoms with E-state index in [0.29, 0.717) is 5.92 Å². The Kier molecular flexibility index (Phi) is 10.3. The van der Waals surface area contributed by atoms with E-state index in [4.69, 9.17) is 0 Å². The van der Waals surface area contributed by atoms with Gasteiger partial charge in [-0.1, -0.05) is 134 Å². The van der Waals surface area contributed by atoms with E-state index < -0.39 is 0 Å². The molecule has 3 heteroatoms. The number of allylic oxidation sites excluding steroid dienone is 9. The Morgan fingerprint density at radius 2 is 1.48 bits per heavy atom. The van der Waals surface area contributed by atoms with Crippen molar-refractivity contribution in [2.75, 3.05) is 10.6 Å². The first kappa shape index (κ1) is 32.9. The lowest BCUT2D eigenvalue weighted by molar-refractivity contribution is 0.790.